The smallest absolute Gasteiger partial charge is 0.129 e. The molecule has 5 heteroatoms. The molecule has 2 heterocycles. The lowest BCUT2D eigenvalue weighted by Crippen LogP contribution is -2.64. The molecular weight excluding hydrogens is 260 g/mol. The van der Waals surface area contributed by atoms with Gasteiger partial charge in [0.1, 0.15) is 17.8 Å². The molecular formula is C15H22O5. The van der Waals surface area contributed by atoms with Crippen molar-refractivity contribution in [2.45, 2.75) is 63.3 Å². The maximum Gasteiger partial charge on any atom is 0.129 e. The molecule has 0 amide bonds. The Balaban J connectivity index is 1.90. The van der Waals surface area contributed by atoms with Crippen molar-refractivity contribution >= 4 is 0 Å². The lowest BCUT2D eigenvalue weighted by molar-refractivity contribution is -0.213. The van der Waals surface area contributed by atoms with Crippen molar-refractivity contribution in [3.05, 3.63) is 11.6 Å². The molecule has 0 aromatic heterocycles. The van der Waals surface area contributed by atoms with E-state index < -0.39 is 40.8 Å². The first kappa shape index (κ1) is 13.2. The average Bonchev–Trinajstić information content (AvgIpc) is 3.16. The molecule has 1 spiro atoms. The minimum atomic E-state index is -0.934. The third-order valence-electron chi connectivity index (χ3n) is 6.68. The van der Waals surface area contributed by atoms with Gasteiger partial charge in [0.2, 0.25) is 0 Å². The van der Waals surface area contributed by atoms with Gasteiger partial charge in [0, 0.05) is 10.8 Å². The van der Waals surface area contributed by atoms with Gasteiger partial charge in [-0.05, 0) is 18.9 Å². The molecule has 5 nitrogen and oxygen atoms in total. The molecule has 0 aromatic rings. The Hall–Kier alpha value is -0.460. The van der Waals surface area contributed by atoms with Crippen LogP contribution in [0.25, 0.3) is 0 Å². The Bertz CT molecular complexity index is 498. The van der Waals surface area contributed by atoms with E-state index in [1.54, 1.807) is 0 Å². The van der Waals surface area contributed by atoms with Gasteiger partial charge in [-0.2, -0.15) is 0 Å². The summed E-state index contributed by atoms with van der Waals surface area (Å²) in [7, 11) is 0. The number of aliphatic hydroxyl groups is 3. The predicted molar refractivity (Wildman–Crippen MR) is 70.0 cm³/mol. The number of hydrogen-bond acceptors (Lipinski definition) is 5. The lowest BCUT2D eigenvalue weighted by Gasteiger charge is -2.57. The zero-order valence-electron chi connectivity index (χ0n) is 12.0. The van der Waals surface area contributed by atoms with Crippen LogP contribution in [-0.4, -0.2) is 58.0 Å². The van der Waals surface area contributed by atoms with E-state index in [1.165, 1.54) is 0 Å². The fraction of sp³-hybridized carbons (Fsp3) is 0.867. The topological polar surface area (TPSA) is 82.5 Å². The molecule has 4 aliphatic rings. The number of rotatable bonds is 0. The van der Waals surface area contributed by atoms with Gasteiger partial charge in [-0.15, -0.1) is 0 Å². The van der Waals surface area contributed by atoms with Gasteiger partial charge >= 0.3 is 0 Å². The van der Waals surface area contributed by atoms with Gasteiger partial charge in [-0.3, -0.25) is 0 Å². The first-order valence-corrected chi connectivity index (χ1v) is 7.30. The molecule has 8 atom stereocenters. The Morgan fingerprint density at radius 3 is 2.50 bits per heavy atom. The Labute approximate surface area is 118 Å². The van der Waals surface area contributed by atoms with E-state index in [0.29, 0.717) is 13.0 Å². The fourth-order valence-electron chi connectivity index (χ4n) is 4.95. The summed E-state index contributed by atoms with van der Waals surface area (Å²) in [5.41, 5.74) is -0.788. The van der Waals surface area contributed by atoms with Crippen LogP contribution in [0.1, 0.15) is 27.2 Å². The average molecular weight is 282 g/mol. The summed E-state index contributed by atoms with van der Waals surface area (Å²) in [6.07, 6.45) is -0.603. The normalized spacial score (nSPS) is 64.1. The molecule has 2 bridgehead atoms. The fourth-order valence-corrected chi connectivity index (χ4v) is 4.95. The van der Waals surface area contributed by atoms with E-state index in [0.717, 1.165) is 5.57 Å². The van der Waals surface area contributed by atoms with Crippen LogP contribution in [0, 0.1) is 10.8 Å². The number of fused-ring (bicyclic) bond motifs is 2. The van der Waals surface area contributed by atoms with E-state index in [9.17, 15) is 15.3 Å². The molecule has 0 unspecified atom stereocenters. The van der Waals surface area contributed by atoms with Gasteiger partial charge in [-0.25, -0.2) is 0 Å². The molecule has 2 aliphatic carbocycles. The summed E-state index contributed by atoms with van der Waals surface area (Å²) in [4.78, 5) is 0. The summed E-state index contributed by atoms with van der Waals surface area (Å²) in [5, 5.41) is 31.3. The monoisotopic (exact) mass is 282 g/mol. The zero-order valence-corrected chi connectivity index (χ0v) is 12.0. The highest BCUT2D eigenvalue weighted by Gasteiger charge is 2.83. The Morgan fingerprint density at radius 2 is 1.90 bits per heavy atom. The highest BCUT2D eigenvalue weighted by Crippen LogP contribution is 2.71. The third kappa shape index (κ3) is 1.12. The predicted octanol–water partition coefficient (Wildman–Crippen LogP) is -0.0183. The van der Waals surface area contributed by atoms with Crippen LogP contribution in [-0.2, 0) is 9.47 Å². The van der Waals surface area contributed by atoms with Crippen LogP contribution in [0.3, 0.4) is 0 Å². The second-order valence-corrected chi connectivity index (χ2v) is 7.34. The van der Waals surface area contributed by atoms with E-state index >= 15 is 0 Å². The van der Waals surface area contributed by atoms with Crippen LogP contribution in [0.15, 0.2) is 11.6 Å². The zero-order chi connectivity index (χ0) is 14.5. The summed E-state index contributed by atoms with van der Waals surface area (Å²) >= 11 is 0. The first-order chi connectivity index (χ1) is 9.28. The van der Waals surface area contributed by atoms with Crippen LogP contribution < -0.4 is 0 Å². The molecule has 0 radical (unpaired) electrons. The van der Waals surface area contributed by atoms with Crippen LogP contribution in [0.5, 0.6) is 0 Å². The van der Waals surface area contributed by atoms with Crippen molar-refractivity contribution in [3.63, 3.8) is 0 Å². The summed E-state index contributed by atoms with van der Waals surface area (Å²) in [5.74, 6) is 0. The molecule has 3 N–H and O–H groups in total. The molecule has 3 fully saturated rings. The highest BCUT2D eigenvalue weighted by atomic mass is 16.6. The minimum Gasteiger partial charge on any atom is -0.390 e. The SMILES string of the molecule is CC1=C[C@H]2O[C@@H]3[C@H](O)[C@@H](O)[C@](C)([C@@]2(C)C[C@@H]1O)[C@]31CO1. The minimum absolute atomic E-state index is 0.206. The molecule has 2 aliphatic heterocycles. The number of aliphatic hydroxyl groups excluding tert-OH is 3. The maximum atomic E-state index is 10.6. The highest BCUT2D eigenvalue weighted by molar-refractivity contribution is 5.34. The van der Waals surface area contributed by atoms with Crippen molar-refractivity contribution < 1.29 is 24.8 Å². The van der Waals surface area contributed by atoms with E-state index in [1.807, 2.05) is 26.8 Å². The van der Waals surface area contributed by atoms with E-state index in [4.69, 9.17) is 9.47 Å². The van der Waals surface area contributed by atoms with Gasteiger partial charge in [0.05, 0.1) is 24.9 Å². The van der Waals surface area contributed by atoms with E-state index in [2.05, 4.69) is 0 Å². The Kier molecular flexibility index (Phi) is 2.29. The first-order valence-electron chi connectivity index (χ1n) is 7.30. The summed E-state index contributed by atoms with van der Waals surface area (Å²) in [6.45, 7) is 6.40. The van der Waals surface area contributed by atoms with Crippen molar-refractivity contribution in [1.82, 2.24) is 0 Å². The lowest BCUT2D eigenvalue weighted by atomic mass is 9.51. The standard InChI is InChI=1S/C15H22O5/c1-7-4-9-13(2,5-8(7)16)14(3)11(18)10(17)12(20-9)15(14)6-19-15/h4,8-12,16-18H,5-6H2,1-3H3/t8-,9+,10+,11+,12+,13-,14+,15-/m0/s1. The van der Waals surface area contributed by atoms with Crippen molar-refractivity contribution in [3.8, 4) is 0 Å². The molecule has 0 aromatic carbocycles. The van der Waals surface area contributed by atoms with Crippen LogP contribution in [0.2, 0.25) is 0 Å². The van der Waals surface area contributed by atoms with Crippen LogP contribution in [0.4, 0.5) is 0 Å². The number of epoxide rings is 1. The molecule has 112 valence electrons. The molecule has 2 saturated heterocycles. The largest absolute Gasteiger partial charge is 0.390 e. The number of ether oxygens (including phenoxy) is 2. The van der Waals surface area contributed by atoms with Gasteiger partial charge < -0.3 is 24.8 Å². The number of hydrogen-bond donors (Lipinski definition) is 3. The van der Waals surface area contributed by atoms with Gasteiger partial charge in [0.25, 0.3) is 0 Å². The van der Waals surface area contributed by atoms with Crippen molar-refractivity contribution in [2.75, 3.05) is 6.61 Å². The molecule has 20 heavy (non-hydrogen) atoms. The quantitative estimate of drug-likeness (QED) is 0.430. The van der Waals surface area contributed by atoms with Crippen molar-refractivity contribution in [1.29, 1.82) is 0 Å². The second-order valence-electron chi connectivity index (χ2n) is 7.34. The maximum absolute atomic E-state index is 10.6. The third-order valence-corrected chi connectivity index (χ3v) is 6.68. The molecule has 1 saturated carbocycles. The second kappa shape index (κ2) is 3.47. The Morgan fingerprint density at radius 1 is 1.25 bits per heavy atom. The van der Waals surface area contributed by atoms with E-state index in [-0.39, 0.29) is 6.10 Å². The van der Waals surface area contributed by atoms with Crippen LogP contribution >= 0.6 is 0 Å². The van der Waals surface area contributed by atoms with Gasteiger partial charge in [-0.1, -0.05) is 19.9 Å². The summed E-state index contributed by atoms with van der Waals surface area (Å²) < 4.78 is 11.8. The van der Waals surface area contributed by atoms with Crippen molar-refractivity contribution in [2.24, 2.45) is 10.8 Å². The summed E-state index contributed by atoms with van der Waals surface area (Å²) in [6, 6.07) is 0. The molecule has 4 rings (SSSR count). The van der Waals surface area contributed by atoms with Gasteiger partial charge in [0.15, 0.2) is 0 Å².